The molecule has 0 bridgehead atoms. The van der Waals surface area contributed by atoms with E-state index in [1.807, 2.05) is 5.38 Å². The molecule has 0 radical (unpaired) electrons. The average molecular weight is 338 g/mol. The van der Waals surface area contributed by atoms with Gasteiger partial charge in [-0.1, -0.05) is 0 Å². The molecule has 8 nitrogen and oxygen atoms in total. The molecule has 0 aliphatic carbocycles. The van der Waals surface area contributed by atoms with Crippen LogP contribution in [0.5, 0.6) is 0 Å². The lowest BCUT2D eigenvalue weighted by molar-refractivity contribution is -0.137. The van der Waals surface area contributed by atoms with Crippen LogP contribution in [0.1, 0.15) is 6.42 Å². The van der Waals surface area contributed by atoms with Gasteiger partial charge in [0.2, 0.25) is 11.8 Å². The Morgan fingerprint density at radius 3 is 2.57 bits per heavy atom. The lowest BCUT2D eigenvalue weighted by Crippen LogP contribution is -2.52. The van der Waals surface area contributed by atoms with Gasteiger partial charge in [-0.3, -0.25) is 14.5 Å². The van der Waals surface area contributed by atoms with Gasteiger partial charge in [0, 0.05) is 50.7 Å². The van der Waals surface area contributed by atoms with Gasteiger partial charge in [0.25, 0.3) is 0 Å². The van der Waals surface area contributed by atoms with E-state index < -0.39 is 0 Å². The van der Waals surface area contributed by atoms with Crippen LogP contribution in [-0.4, -0.2) is 72.5 Å². The Bertz CT molecular complexity index is 598. The van der Waals surface area contributed by atoms with Gasteiger partial charge >= 0.3 is 6.09 Å². The van der Waals surface area contributed by atoms with E-state index in [1.54, 1.807) is 20.9 Å². The molecule has 3 amide bonds. The number of hydrogen-bond acceptors (Lipinski definition) is 6. The van der Waals surface area contributed by atoms with Gasteiger partial charge in [-0.2, -0.15) is 0 Å². The maximum Gasteiger partial charge on any atom is 0.409 e. The Balaban J connectivity index is 1.58. The van der Waals surface area contributed by atoms with Crippen LogP contribution >= 0.6 is 11.3 Å². The van der Waals surface area contributed by atoms with E-state index >= 15 is 0 Å². The van der Waals surface area contributed by atoms with Crippen LogP contribution in [0.3, 0.4) is 0 Å². The average Bonchev–Trinajstić information content (AvgIpc) is 3.23. The standard InChI is InChI=1S/C14H18N4O4S/c1-22-14(21)17-5-3-16(4-6-17)12(20)10-8-11(19)18(9-10)13-15-2-7-23-13/h2,7,10H,3-6,8-9H2,1H3. The molecule has 1 atom stereocenters. The Morgan fingerprint density at radius 1 is 1.26 bits per heavy atom. The molecule has 0 saturated carbocycles. The third kappa shape index (κ3) is 3.14. The molecule has 2 aliphatic rings. The first-order chi connectivity index (χ1) is 11.1. The van der Waals surface area contributed by atoms with E-state index in [9.17, 15) is 14.4 Å². The smallest absolute Gasteiger partial charge is 0.409 e. The predicted molar refractivity (Wildman–Crippen MR) is 83.1 cm³/mol. The summed E-state index contributed by atoms with van der Waals surface area (Å²) >= 11 is 1.39. The summed E-state index contributed by atoms with van der Waals surface area (Å²) in [6, 6.07) is 0. The molecule has 23 heavy (non-hydrogen) atoms. The summed E-state index contributed by atoms with van der Waals surface area (Å²) in [5, 5.41) is 2.45. The number of methoxy groups -OCH3 is 1. The van der Waals surface area contributed by atoms with Crippen molar-refractivity contribution in [2.45, 2.75) is 6.42 Å². The first-order valence-electron chi connectivity index (χ1n) is 7.41. The highest BCUT2D eigenvalue weighted by atomic mass is 32.1. The van der Waals surface area contributed by atoms with Crippen LogP contribution in [0.15, 0.2) is 11.6 Å². The van der Waals surface area contributed by atoms with Crippen molar-refractivity contribution in [1.82, 2.24) is 14.8 Å². The predicted octanol–water partition coefficient (Wildman–Crippen LogP) is 0.407. The van der Waals surface area contributed by atoms with Crippen molar-refractivity contribution < 1.29 is 19.1 Å². The van der Waals surface area contributed by atoms with Crippen LogP contribution < -0.4 is 4.90 Å². The van der Waals surface area contributed by atoms with Gasteiger partial charge in [0.1, 0.15) is 0 Å². The lowest BCUT2D eigenvalue weighted by Gasteiger charge is -2.35. The van der Waals surface area contributed by atoms with E-state index in [4.69, 9.17) is 0 Å². The molecule has 3 rings (SSSR count). The molecule has 0 spiro atoms. The fourth-order valence-electron chi connectivity index (χ4n) is 2.90. The Kier molecular flexibility index (Phi) is 4.46. The Labute approximate surface area is 137 Å². The minimum Gasteiger partial charge on any atom is -0.453 e. The van der Waals surface area contributed by atoms with Gasteiger partial charge in [0.15, 0.2) is 5.13 Å². The fourth-order valence-corrected chi connectivity index (χ4v) is 3.57. The zero-order chi connectivity index (χ0) is 16.4. The van der Waals surface area contributed by atoms with Gasteiger partial charge in [-0.25, -0.2) is 9.78 Å². The molecule has 1 aromatic rings. The van der Waals surface area contributed by atoms with Crippen LogP contribution in [0.2, 0.25) is 0 Å². The van der Waals surface area contributed by atoms with Crippen molar-refractivity contribution in [3.05, 3.63) is 11.6 Å². The molecule has 3 heterocycles. The molecule has 124 valence electrons. The zero-order valence-corrected chi connectivity index (χ0v) is 13.6. The highest BCUT2D eigenvalue weighted by Crippen LogP contribution is 2.27. The number of anilines is 1. The van der Waals surface area contributed by atoms with E-state index in [-0.39, 0.29) is 30.2 Å². The monoisotopic (exact) mass is 338 g/mol. The SMILES string of the molecule is COC(=O)N1CCN(C(=O)C2CC(=O)N(c3nccs3)C2)CC1. The summed E-state index contributed by atoms with van der Waals surface area (Å²) in [4.78, 5) is 45.2. The van der Waals surface area contributed by atoms with Gasteiger partial charge in [0.05, 0.1) is 13.0 Å². The van der Waals surface area contributed by atoms with E-state index in [0.29, 0.717) is 37.9 Å². The zero-order valence-electron chi connectivity index (χ0n) is 12.8. The molecule has 0 aromatic carbocycles. The van der Waals surface area contributed by atoms with Crippen molar-refractivity contribution in [2.75, 3.05) is 44.7 Å². The largest absolute Gasteiger partial charge is 0.453 e. The highest BCUT2D eigenvalue weighted by Gasteiger charge is 2.39. The molecule has 1 aromatic heterocycles. The maximum absolute atomic E-state index is 12.6. The van der Waals surface area contributed by atoms with Crippen LogP contribution in [0, 0.1) is 5.92 Å². The number of carbonyl (C=O) groups excluding carboxylic acids is 3. The van der Waals surface area contributed by atoms with Crippen LogP contribution in [0.4, 0.5) is 9.93 Å². The number of rotatable bonds is 2. The number of hydrogen-bond donors (Lipinski definition) is 0. The third-order valence-electron chi connectivity index (χ3n) is 4.15. The first kappa shape index (κ1) is 15.7. The molecule has 1 unspecified atom stereocenters. The number of ether oxygens (including phenoxy) is 1. The molecule has 2 saturated heterocycles. The number of nitrogens with zero attached hydrogens (tertiary/aromatic N) is 4. The molecule has 0 N–H and O–H groups in total. The van der Waals surface area contributed by atoms with E-state index in [1.165, 1.54) is 18.4 Å². The second-order valence-corrected chi connectivity index (χ2v) is 6.38. The number of carbonyl (C=O) groups is 3. The van der Waals surface area contributed by atoms with Crippen molar-refractivity contribution in [2.24, 2.45) is 5.92 Å². The fraction of sp³-hybridized carbons (Fsp3) is 0.571. The summed E-state index contributed by atoms with van der Waals surface area (Å²) in [5.41, 5.74) is 0. The topological polar surface area (TPSA) is 83.0 Å². The second-order valence-electron chi connectivity index (χ2n) is 5.50. The van der Waals surface area contributed by atoms with Gasteiger partial charge < -0.3 is 14.5 Å². The minimum absolute atomic E-state index is 0.0260. The van der Waals surface area contributed by atoms with E-state index in [2.05, 4.69) is 9.72 Å². The number of aromatic nitrogens is 1. The quantitative estimate of drug-likeness (QED) is 0.780. The molecular formula is C14H18N4O4S. The molecule has 2 fully saturated rings. The van der Waals surface area contributed by atoms with Crippen molar-refractivity contribution in [3.8, 4) is 0 Å². The number of thiazole rings is 1. The summed E-state index contributed by atoms with van der Waals surface area (Å²) in [6.07, 6.45) is 1.49. The molecule has 9 heteroatoms. The van der Waals surface area contributed by atoms with Crippen LogP contribution in [0.25, 0.3) is 0 Å². The molecule has 2 aliphatic heterocycles. The summed E-state index contributed by atoms with van der Waals surface area (Å²) in [7, 11) is 1.34. The summed E-state index contributed by atoms with van der Waals surface area (Å²) < 4.78 is 4.68. The van der Waals surface area contributed by atoms with Crippen molar-refractivity contribution >= 4 is 34.4 Å². The third-order valence-corrected chi connectivity index (χ3v) is 4.94. The summed E-state index contributed by atoms with van der Waals surface area (Å²) in [5.74, 6) is -0.426. The van der Waals surface area contributed by atoms with E-state index in [0.717, 1.165) is 0 Å². The minimum atomic E-state index is -0.372. The number of amides is 3. The lowest BCUT2D eigenvalue weighted by atomic mass is 10.1. The second kappa shape index (κ2) is 6.53. The summed E-state index contributed by atoms with van der Waals surface area (Å²) in [6.45, 7) is 2.22. The Hall–Kier alpha value is -2.16. The molecular weight excluding hydrogens is 320 g/mol. The van der Waals surface area contributed by atoms with Crippen molar-refractivity contribution in [1.29, 1.82) is 0 Å². The van der Waals surface area contributed by atoms with Gasteiger partial charge in [-0.15, -0.1) is 11.3 Å². The number of piperazine rings is 1. The van der Waals surface area contributed by atoms with Crippen molar-refractivity contribution in [3.63, 3.8) is 0 Å². The maximum atomic E-state index is 12.6. The Morgan fingerprint density at radius 2 is 1.96 bits per heavy atom. The van der Waals surface area contributed by atoms with Crippen LogP contribution in [-0.2, 0) is 14.3 Å². The normalized spacial score (nSPS) is 21.7. The first-order valence-corrected chi connectivity index (χ1v) is 8.29. The van der Waals surface area contributed by atoms with Gasteiger partial charge in [-0.05, 0) is 0 Å². The highest BCUT2D eigenvalue weighted by molar-refractivity contribution is 7.13.